The Morgan fingerprint density at radius 3 is 2.62 bits per heavy atom. The van der Waals surface area contributed by atoms with Gasteiger partial charge >= 0.3 is 12.0 Å². The van der Waals surface area contributed by atoms with E-state index in [0.29, 0.717) is 12.6 Å². The van der Waals surface area contributed by atoms with Crippen molar-refractivity contribution >= 4 is 12.0 Å². The van der Waals surface area contributed by atoms with E-state index in [2.05, 4.69) is 0 Å². The normalized spacial score (nSPS) is 26.8. The molecule has 1 heterocycles. The van der Waals surface area contributed by atoms with Crippen molar-refractivity contribution in [2.24, 2.45) is 0 Å². The standard InChI is InChI=1S/C11H18N2O3/c1-12-9(6-10(14)15)7-13(11(12)16)8-4-2-3-5-8/h8-9H,2-7H2,1H3,(H,14,15). The Labute approximate surface area is 95.0 Å². The summed E-state index contributed by atoms with van der Waals surface area (Å²) in [5, 5.41) is 8.77. The number of hydrogen-bond donors (Lipinski definition) is 1. The molecule has 16 heavy (non-hydrogen) atoms. The zero-order valence-corrected chi connectivity index (χ0v) is 9.56. The summed E-state index contributed by atoms with van der Waals surface area (Å²) in [5.74, 6) is -0.835. The van der Waals surface area contributed by atoms with Crippen LogP contribution in [0.15, 0.2) is 0 Å². The van der Waals surface area contributed by atoms with Crippen LogP contribution in [0.2, 0.25) is 0 Å². The Balaban J connectivity index is 2.01. The molecule has 1 unspecified atom stereocenters. The van der Waals surface area contributed by atoms with E-state index in [4.69, 9.17) is 5.11 Å². The van der Waals surface area contributed by atoms with Crippen molar-refractivity contribution in [3.63, 3.8) is 0 Å². The van der Waals surface area contributed by atoms with Gasteiger partial charge in [0.25, 0.3) is 0 Å². The summed E-state index contributed by atoms with van der Waals surface area (Å²) in [7, 11) is 1.70. The number of amides is 2. The summed E-state index contributed by atoms with van der Waals surface area (Å²) in [6.07, 6.45) is 4.55. The summed E-state index contributed by atoms with van der Waals surface area (Å²) in [4.78, 5) is 26.1. The molecule has 0 bridgehead atoms. The van der Waals surface area contributed by atoms with Crippen LogP contribution in [0, 0.1) is 0 Å². The van der Waals surface area contributed by atoms with Crippen molar-refractivity contribution in [1.82, 2.24) is 9.80 Å². The van der Waals surface area contributed by atoms with Gasteiger partial charge in [-0.15, -0.1) is 0 Å². The van der Waals surface area contributed by atoms with Gasteiger partial charge in [-0.25, -0.2) is 4.79 Å². The van der Waals surface area contributed by atoms with E-state index < -0.39 is 5.97 Å². The molecule has 0 spiro atoms. The van der Waals surface area contributed by atoms with Crippen LogP contribution in [0.3, 0.4) is 0 Å². The average molecular weight is 226 g/mol. The summed E-state index contributed by atoms with van der Waals surface area (Å²) in [6, 6.07) is 0.178. The highest BCUT2D eigenvalue weighted by molar-refractivity contribution is 5.79. The molecule has 0 radical (unpaired) electrons. The molecule has 2 fully saturated rings. The monoisotopic (exact) mass is 226 g/mol. The quantitative estimate of drug-likeness (QED) is 0.785. The van der Waals surface area contributed by atoms with E-state index in [9.17, 15) is 9.59 Å². The molecular formula is C11H18N2O3. The molecule has 5 heteroatoms. The van der Waals surface area contributed by atoms with Crippen molar-refractivity contribution < 1.29 is 14.7 Å². The lowest BCUT2D eigenvalue weighted by molar-refractivity contribution is -0.137. The molecule has 1 saturated carbocycles. The predicted molar refractivity (Wildman–Crippen MR) is 58.2 cm³/mol. The van der Waals surface area contributed by atoms with Crippen molar-refractivity contribution in [2.45, 2.75) is 44.2 Å². The number of urea groups is 1. The van der Waals surface area contributed by atoms with Crippen LogP contribution in [0.25, 0.3) is 0 Å². The lowest BCUT2D eigenvalue weighted by Crippen LogP contribution is -2.36. The summed E-state index contributed by atoms with van der Waals surface area (Å²) in [5.41, 5.74) is 0. The van der Waals surface area contributed by atoms with E-state index in [0.717, 1.165) is 12.8 Å². The Kier molecular flexibility index (Phi) is 3.03. The van der Waals surface area contributed by atoms with Crippen LogP contribution >= 0.6 is 0 Å². The van der Waals surface area contributed by atoms with Gasteiger partial charge in [-0.2, -0.15) is 0 Å². The molecule has 0 aromatic heterocycles. The second kappa shape index (κ2) is 4.31. The van der Waals surface area contributed by atoms with Gasteiger partial charge in [-0.1, -0.05) is 12.8 Å². The lowest BCUT2D eigenvalue weighted by Gasteiger charge is -2.22. The van der Waals surface area contributed by atoms with E-state index in [1.54, 1.807) is 11.9 Å². The van der Waals surface area contributed by atoms with Gasteiger partial charge in [0, 0.05) is 19.6 Å². The minimum atomic E-state index is -0.835. The molecule has 2 amide bonds. The van der Waals surface area contributed by atoms with Gasteiger partial charge in [-0.05, 0) is 12.8 Å². The number of likely N-dealkylation sites (N-methyl/N-ethyl adjacent to an activating group) is 1. The molecule has 1 N–H and O–H groups in total. The zero-order chi connectivity index (χ0) is 11.7. The smallest absolute Gasteiger partial charge is 0.320 e. The fourth-order valence-corrected chi connectivity index (χ4v) is 2.71. The Hall–Kier alpha value is -1.26. The van der Waals surface area contributed by atoms with Gasteiger partial charge in [-0.3, -0.25) is 4.79 Å². The first-order valence-corrected chi connectivity index (χ1v) is 5.85. The maximum atomic E-state index is 11.9. The van der Waals surface area contributed by atoms with Crippen molar-refractivity contribution in [3.8, 4) is 0 Å². The van der Waals surface area contributed by atoms with Gasteiger partial charge < -0.3 is 14.9 Å². The number of nitrogens with zero attached hydrogens (tertiary/aromatic N) is 2. The predicted octanol–water partition coefficient (Wildman–Crippen LogP) is 1.14. The molecule has 2 rings (SSSR count). The summed E-state index contributed by atoms with van der Waals surface area (Å²) >= 11 is 0. The first-order valence-electron chi connectivity index (χ1n) is 5.85. The fraction of sp³-hybridized carbons (Fsp3) is 0.818. The third kappa shape index (κ3) is 1.99. The topological polar surface area (TPSA) is 60.9 Å². The molecule has 1 aliphatic heterocycles. The Bertz CT molecular complexity index is 300. The summed E-state index contributed by atoms with van der Waals surface area (Å²) in [6.45, 7) is 0.576. The Morgan fingerprint density at radius 2 is 2.06 bits per heavy atom. The molecule has 90 valence electrons. The minimum Gasteiger partial charge on any atom is -0.481 e. The number of carboxylic acid groups (broad SMARTS) is 1. The largest absolute Gasteiger partial charge is 0.481 e. The first-order chi connectivity index (χ1) is 7.59. The molecular weight excluding hydrogens is 208 g/mol. The fourth-order valence-electron chi connectivity index (χ4n) is 2.71. The average Bonchev–Trinajstić information content (AvgIpc) is 2.81. The summed E-state index contributed by atoms with van der Waals surface area (Å²) < 4.78 is 0. The van der Waals surface area contributed by atoms with E-state index in [1.165, 1.54) is 12.8 Å². The van der Waals surface area contributed by atoms with Gasteiger partial charge in [0.2, 0.25) is 0 Å². The lowest BCUT2D eigenvalue weighted by atomic mass is 10.2. The number of hydrogen-bond acceptors (Lipinski definition) is 2. The van der Waals surface area contributed by atoms with Crippen LogP contribution in [-0.4, -0.2) is 52.6 Å². The first kappa shape index (κ1) is 11.2. The van der Waals surface area contributed by atoms with E-state index in [1.807, 2.05) is 4.90 Å². The van der Waals surface area contributed by atoms with Crippen molar-refractivity contribution in [3.05, 3.63) is 0 Å². The minimum absolute atomic E-state index is 0.00171. The molecule has 1 saturated heterocycles. The Morgan fingerprint density at radius 1 is 1.44 bits per heavy atom. The van der Waals surface area contributed by atoms with Crippen molar-refractivity contribution in [1.29, 1.82) is 0 Å². The van der Waals surface area contributed by atoms with Crippen LogP contribution < -0.4 is 0 Å². The molecule has 2 aliphatic rings. The third-order valence-electron chi connectivity index (χ3n) is 3.68. The number of carbonyl (C=O) groups is 2. The number of aliphatic carboxylic acids is 1. The van der Waals surface area contributed by atoms with Gasteiger partial charge in [0.05, 0.1) is 12.5 Å². The van der Waals surface area contributed by atoms with Crippen LogP contribution in [0.1, 0.15) is 32.1 Å². The highest BCUT2D eigenvalue weighted by Gasteiger charge is 2.39. The number of rotatable bonds is 3. The van der Waals surface area contributed by atoms with E-state index in [-0.39, 0.29) is 18.5 Å². The van der Waals surface area contributed by atoms with Gasteiger partial charge in [0.15, 0.2) is 0 Å². The molecule has 0 aromatic carbocycles. The molecule has 5 nitrogen and oxygen atoms in total. The second-order valence-electron chi connectivity index (χ2n) is 4.74. The molecule has 1 aliphatic carbocycles. The number of carbonyl (C=O) groups excluding carboxylic acids is 1. The van der Waals surface area contributed by atoms with Crippen LogP contribution in [0.4, 0.5) is 4.79 Å². The van der Waals surface area contributed by atoms with E-state index >= 15 is 0 Å². The second-order valence-corrected chi connectivity index (χ2v) is 4.74. The third-order valence-corrected chi connectivity index (χ3v) is 3.68. The van der Waals surface area contributed by atoms with Crippen molar-refractivity contribution in [2.75, 3.05) is 13.6 Å². The molecule has 0 aromatic rings. The number of carboxylic acids is 1. The molecule has 1 atom stereocenters. The van der Waals surface area contributed by atoms with Gasteiger partial charge in [0.1, 0.15) is 0 Å². The SMILES string of the molecule is CN1C(=O)N(C2CCCC2)CC1CC(=O)O. The maximum Gasteiger partial charge on any atom is 0.320 e. The highest BCUT2D eigenvalue weighted by Crippen LogP contribution is 2.28. The maximum absolute atomic E-state index is 11.9. The zero-order valence-electron chi connectivity index (χ0n) is 9.56. The van der Waals surface area contributed by atoms with Crippen LogP contribution in [-0.2, 0) is 4.79 Å². The highest BCUT2D eigenvalue weighted by atomic mass is 16.4. The van der Waals surface area contributed by atoms with Crippen LogP contribution in [0.5, 0.6) is 0 Å².